The van der Waals surface area contributed by atoms with Crippen LogP contribution >= 0.6 is 0 Å². The van der Waals surface area contributed by atoms with Crippen molar-refractivity contribution in [2.75, 3.05) is 14.7 Å². The molecule has 1 saturated carbocycles. The van der Waals surface area contributed by atoms with Gasteiger partial charge >= 0.3 is 0 Å². The Morgan fingerprint density at radius 1 is 0.481 bits per heavy atom. The van der Waals surface area contributed by atoms with E-state index in [1.54, 1.807) is 0 Å². The molecule has 0 amide bonds. The third kappa shape index (κ3) is 7.45. The van der Waals surface area contributed by atoms with Crippen molar-refractivity contribution < 1.29 is 4.42 Å². The van der Waals surface area contributed by atoms with Crippen LogP contribution in [0.25, 0.3) is 33.1 Å². The van der Waals surface area contributed by atoms with E-state index in [0.717, 1.165) is 63.2 Å². The molecule has 388 valence electrons. The predicted octanol–water partition coefficient (Wildman–Crippen LogP) is 18.3. The molecule has 1 aromatic heterocycles. The molecule has 1 fully saturated rings. The lowest BCUT2D eigenvalue weighted by molar-refractivity contribution is 0.195. The molecule has 77 heavy (non-hydrogen) atoms. The van der Waals surface area contributed by atoms with Gasteiger partial charge in [0.2, 0.25) is 0 Å². The number of para-hydroxylation sites is 1. The molecule has 0 bridgehead atoms. The molecule has 2 atom stereocenters. The zero-order valence-electron chi connectivity index (χ0n) is 48.2. The van der Waals surface area contributed by atoms with Crippen LogP contribution in [0.3, 0.4) is 0 Å². The maximum Gasteiger partial charge on any atom is 0.257 e. The van der Waals surface area contributed by atoms with Crippen LogP contribution in [0, 0.1) is 0 Å². The van der Waals surface area contributed by atoms with E-state index >= 15 is 0 Å². The molecule has 0 saturated heterocycles. The van der Waals surface area contributed by atoms with Gasteiger partial charge in [-0.1, -0.05) is 194 Å². The second kappa shape index (κ2) is 16.8. The number of furan rings is 1. The van der Waals surface area contributed by atoms with Crippen LogP contribution in [0.4, 0.5) is 45.5 Å². The first-order valence-electron chi connectivity index (χ1n) is 28.6. The summed E-state index contributed by atoms with van der Waals surface area (Å²) in [7, 11) is 0. The van der Waals surface area contributed by atoms with Crippen molar-refractivity contribution in [1.29, 1.82) is 0 Å². The van der Waals surface area contributed by atoms with Crippen molar-refractivity contribution in [1.82, 2.24) is 0 Å². The summed E-state index contributed by atoms with van der Waals surface area (Å²) in [5.41, 5.74) is 24.4. The zero-order valence-corrected chi connectivity index (χ0v) is 48.2. The van der Waals surface area contributed by atoms with Gasteiger partial charge in [-0.25, -0.2) is 0 Å². The van der Waals surface area contributed by atoms with E-state index in [2.05, 4.69) is 269 Å². The van der Waals surface area contributed by atoms with Gasteiger partial charge in [0.25, 0.3) is 6.71 Å². The zero-order chi connectivity index (χ0) is 53.9. The Morgan fingerprint density at radius 3 is 1.69 bits per heavy atom. The van der Waals surface area contributed by atoms with Crippen molar-refractivity contribution in [3.05, 3.63) is 186 Å². The Bertz CT molecular complexity index is 3780. The molecule has 0 radical (unpaired) electrons. The van der Waals surface area contributed by atoms with Gasteiger partial charge in [0.1, 0.15) is 11.2 Å². The summed E-state index contributed by atoms with van der Waals surface area (Å²) < 4.78 is 7.34. The number of hydrogen-bond acceptors (Lipinski definition) is 4. The molecule has 0 spiro atoms. The molecule has 5 heteroatoms. The van der Waals surface area contributed by atoms with Crippen LogP contribution in [0.2, 0.25) is 0 Å². The highest BCUT2D eigenvalue weighted by Gasteiger charge is 2.62. The van der Waals surface area contributed by atoms with Crippen molar-refractivity contribution in [2.45, 2.75) is 155 Å². The average Bonchev–Trinajstić information content (AvgIpc) is 3.03. The SMILES string of the molecule is CC(C)(C)c1ccc(N(c2ccc(C(C)(C)C)cc2)c2cc3c4c(c2)N2c5c(cc(C(C)(C)C)cc5C5(C)CCCCC25C)B4c2c(ccc4c2oc2ccccc24)N3c2ccc(C(C)(C)C)cc2-c2ccccc2)cc1. The number of nitrogens with zero attached hydrogens (tertiary/aromatic N) is 3. The predicted molar refractivity (Wildman–Crippen MR) is 331 cm³/mol. The fraction of sp³-hybridized carbons (Fsp3) is 0.333. The normalized spacial score (nSPS) is 18.9. The molecule has 9 aromatic rings. The molecule has 4 aliphatic rings. The summed E-state index contributed by atoms with van der Waals surface area (Å²) in [5.74, 6) is 0. The average molecular weight is 1010 g/mol. The van der Waals surface area contributed by atoms with Crippen LogP contribution in [-0.4, -0.2) is 12.3 Å². The molecule has 4 nitrogen and oxygen atoms in total. The topological polar surface area (TPSA) is 22.9 Å². The van der Waals surface area contributed by atoms with Gasteiger partial charge in [-0.3, -0.25) is 0 Å². The smallest absolute Gasteiger partial charge is 0.257 e. The summed E-state index contributed by atoms with van der Waals surface area (Å²) >= 11 is 0. The van der Waals surface area contributed by atoms with Crippen LogP contribution in [0.15, 0.2) is 162 Å². The van der Waals surface area contributed by atoms with Crippen molar-refractivity contribution >= 4 is 90.5 Å². The number of benzene rings is 8. The van der Waals surface area contributed by atoms with E-state index in [1.807, 2.05) is 0 Å². The highest BCUT2D eigenvalue weighted by atomic mass is 16.3. The Kier molecular flexibility index (Phi) is 10.8. The van der Waals surface area contributed by atoms with Gasteiger partial charge in [-0.05, 0) is 158 Å². The Hall–Kier alpha value is -6.98. The minimum absolute atomic E-state index is 0.0106. The van der Waals surface area contributed by atoms with Crippen molar-refractivity contribution in [2.24, 2.45) is 0 Å². The monoisotopic (exact) mass is 1010 g/mol. The highest BCUT2D eigenvalue weighted by Crippen LogP contribution is 2.63. The molecule has 8 aromatic carbocycles. The quantitative estimate of drug-likeness (QED) is 0.160. The lowest BCUT2D eigenvalue weighted by atomic mass is 9.33. The number of fused-ring (bicyclic) bond motifs is 11. The molecule has 4 heterocycles. The molecule has 2 unspecified atom stereocenters. The van der Waals surface area contributed by atoms with Gasteiger partial charge in [0.15, 0.2) is 0 Å². The largest absolute Gasteiger partial charge is 0.457 e. The lowest BCUT2D eigenvalue weighted by Gasteiger charge is -2.53. The van der Waals surface area contributed by atoms with E-state index in [4.69, 9.17) is 4.42 Å². The Balaban J connectivity index is 1.21. The standard InChI is InChI=1S/C72H76BN3O/c1-67(2,3)46-26-31-50(32-27-46)74(51-33-28-47(29-34-51)68(4,5)6)52-43-60-63-61(44-52)76-65-56(71(13)38-20-21-39-72(71,76)14)41-49(70(10,11)12)42-57(65)73(63)64-59(37-35-54-53-24-18-19-25-62(53)77-66(54)64)75(60)58-36-30-48(69(7,8)9)40-55(58)45-22-16-15-17-23-45/h15-19,22-37,40-44H,20-21,38-39H2,1-14H3. The van der Waals surface area contributed by atoms with Gasteiger partial charge in [-0.2, -0.15) is 0 Å². The number of hydrogen-bond donors (Lipinski definition) is 0. The van der Waals surface area contributed by atoms with Crippen LogP contribution in [0.1, 0.15) is 150 Å². The first kappa shape index (κ1) is 49.6. The fourth-order valence-electron chi connectivity index (χ4n) is 14.1. The second-order valence-electron chi connectivity index (χ2n) is 27.8. The Labute approximate surface area is 459 Å². The first-order chi connectivity index (χ1) is 36.5. The lowest BCUT2D eigenvalue weighted by Crippen LogP contribution is -2.64. The molecular weight excluding hydrogens is 934 g/mol. The maximum absolute atomic E-state index is 7.34. The van der Waals surface area contributed by atoms with Gasteiger partial charge in [0.05, 0.1) is 16.9 Å². The summed E-state index contributed by atoms with van der Waals surface area (Å²) in [6.45, 7) is 33.2. The summed E-state index contributed by atoms with van der Waals surface area (Å²) in [4.78, 5) is 8.09. The highest BCUT2D eigenvalue weighted by molar-refractivity contribution is 7.01. The van der Waals surface area contributed by atoms with Gasteiger partial charge in [0, 0.05) is 55.9 Å². The second-order valence-corrected chi connectivity index (χ2v) is 27.8. The number of anilines is 8. The molecule has 13 rings (SSSR count). The summed E-state index contributed by atoms with van der Waals surface area (Å²) in [6, 6.07) is 61.0. The molecule has 0 N–H and O–H groups in total. The third-order valence-electron chi connectivity index (χ3n) is 18.8. The van der Waals surface area contributed by atoms with E-state index in [1.165, 1.54) is 85.2 Å². The minimum atomic E-state index is -0.191. The van der Waals surface area contributed by atoms with Gasteiger partial charge in [-0.15, -0.1) is 0 Å². The number of rotatable bonds is 5. The van der Waals surface area contributed by atoms with Crippen molar-refractivity contribution in [3.63, 3.8) is 0 Å². The first-order valence-corrected chi connectivity index (χ1v) is 28.6. The van der Waals surface area contributed by atoms with Crippen LogP contribution in [-0.2, 0) is 27.1 Å². The van der Waals surface area contributed by atoms with Crippen molar-refractivity contribution in [3.8, 4) is 11.1 Å². The van der Waals surface area contributed by atoms with Gasteiger partial charge < -0.3 is 19.1 Å². The molecule has 3 aliphatic heterocycles. The summed E-state index contributed by atoms with van der Waals surface area (Å²) in [5, 5.41) is 2.31. The van der Waals surface area contributed by atoms with E-state index in [9.17, 15) is 0 Å². The molecular formula is C72H76BN3O. The van der Waals surface area contributed by atoms with E-state index in [0.29, 0.717) is 0 Å². The maximum atomic E-state index is 7.34. The van der Waals surface area contributed by atoms with E-state index in [-0.39, 0.29) is 39.3 Å². The summed E-state index contributed by atoms with van der Waals surface area (Å²) in [6.07, 6.45) is 4.68. The minimum Gasteiger partial charge on any atom is -0.457 e. The van der Waals surface area contributed by atoms with Crippen LogP contribution in [0.5, 0.6) is 0 Å². The third-order valence-corrected chi connectivity index (χ3v) is 18.8. The fourth-order valence-corrected chi connectivity index (χ4v) is 14.1. The Morgan fingerprint density at radius 2 is 1.05 bits per heavy atom. The van der Waals surface area contributed by atoms with E-state index < -0.39 is 0 Å². The molecule has 1 aliphatic carbocycles. The van der Waals surface area contributed by atoms with Crippen LogP contribution < -0.4 is 31.1 Å².